The monoisotopic (exact) mass is 1870 g/mol. The maximum absolute atomic E-state index is 13.0. The lowest BCUT2D eigenvalue weighted by molar-refractivity contribution is -0.385. The highest BCUT2D eigenvalue weighted by Crippen LogP contribution is 2.25. The molecule has 0 radical (unpaired) electrons. The number of carbonyl (C=O) groups excluding carboxylic acids is 10. The molecule has 37 nitrogen and oxygen atoms in total. The summed E-state index contributed by atoms with van der Waals surface area (Å²) in [4.78, 5) is 142. The Labute approximate surface area is 765 Å². The SMILES string of the molecule is CN1CC(=O)CN1C(=O)Cc1ccc(F)cc1.CN1CC(O)CN1C(=O)Cc1ccc(F)cc1.CN1CC(O)CN1C(=O)Cc1ccc(F)cc1.CN1CC(OC(=O)N2CCOCC2)CN1C(=O)Cc1ccc(F)cc1.CN1CC(OC(=O)Oc2ccc([N+](=O)[O-])cc2)CN1C(=O)Cc1ccc(F)cc1.CN1CC(OC(=O)Oc2ccc([N+](=O)[O-])cc2)CN1C(=O)Cc1ccc(F)cc1. The second kappa shape index (κ2) is 49.0. The number of ether oxygens (including phenoxy) is 6. The number of carbonyl (C=O) groups is 10. The minimum Gasteiger partial charge on any atom is -0.443 e. The molecule has 15 rings (SSSR count). The lowest BCUT2D eigenvalue weighted by Crippen LogP contribution is -2.43. The zero-order valence-electron chi connectivity index (χ0n) is 74.0. The number of benzene rings is 8. The van der Waals surface area contributed by atoms with Crippen molar-refractivity contribution in [1.29, 1.82) is 0 Å². The number of non-ortho nitro benzene ring substituents is 2. The third kappa shape index (κ3) is 31.7. The largest absolute Gasteiger partial charge is 0.514 e. The van der Waals surface area contributed by atoms with Gasteiger partial charge in [0, 0.05) is 92.7 Å². The van der Waals surface area contributed by atoms with Crippen molar-refractivity contribution in [1.82, 2.24) is 65.0 Å². The number of halogens is 6. The minimum atomic E-state index is -0.968. The number of nitro groups is 2. The Morgan fingerprint density at radius 2 is 0.582 bits per heavy atom. The Kier molecular flexibility index (Phi) is 37.4. The highest BCUT2D eigenvalue weighted by atomic mass is 19.1. The molecule has 0 bridgehead atoms. The second-order valence-corrected chi connectivity index (χ2v) is 31.8. The van der Waals surface area contributed by atoms with E-state index in [9.17, 15) is 105 Å². The molecule has 714 valence electrons. The Hall–Kier alpha value is -13.9. The van der Waals surface area contributed by atoms with Gasteiger partial charge in [-0.15, -0.1) is 0 Å². The van der Waals surface area contributed by atoms with Gasteiger partial charge in [0.25, 0.3) is 11.4 Å². The van der Waals surface area contributed by atoms with Crippen molar-refractivity contribution in [3.8, 4) is 11.5 Å². The first kappa shape index (κ1) is 102. The average molecular weight is 1870 g/mol. The Bertz CT molecular complexity index is 5110. The van der Waals surface area contributed by atoms with E-state index in [4.69, 9.17) is 28.4 Å². The van der Waals surface area contributed by atoms with Gasteiger partial charge >= 0.3 is 18.4 Å². The highest BCUT2D eigenvalue weighted by molar-refractivity contribution is 5.90. The van der Waals surface area contributed by atoms with Crippen LogP contribution in [0, 0.1) is 55.1 Å². The number of hydrogen-bond acceptors (Lipinski definition) is 28. The van der Waals surface area contributed by atoms with Gasteiger partial charge in [-0.3, -0.25) is 83.8 Å². The maximum Gasteiger partial charge on any atom is 0.514 e. The minimum absolute atomic E-state index is 0.0277. The molecular weight excluding hydrogens is 1770 g/mol. The fourth-order valence-corrected chi connectivity index (χ4v) is 14.5. The summed E-state index contributed by atoms with van der Waals surface area (Å²) in [7, 11) is 10.4. The van der Waals surface area contributed by atoms with E-state index in [1.165, 1.54) is 146 Å². The molecule has 7 aliphatic rings. The summed E-state index contributed by atoms with van der Waals surface area (Å²) in [6.07, 6.45) is -3.86. The van der Waals surface area contributed by atoms with Crippen molar-refractivity contribution in [3.63, 3.8) is 0 Å². The molecule has 43 heteroatoms. The van der Waals surface area contributed by atoms with E-state index in [1.54, 1.807) is 155 Å². The Morgan fingerprint density at radius 3 is 0.821 bits per heavy atom. The zero-order chi connectivity index (χ0) is 97.0. The number of nitro benzene ring substituents is 2. The van der Waals surface area contributed by atoms with Crippen molar-refractivity contribution in [2.75, 3.05) is 147 Å². The molecule has 8 aromatic carbocycles. The van der Waals surface area contributed by atoms with Crippen LogP contribution in [0.3, 0.4) is 0 Å². The molecule has 0 spiro atoms. The zero-order valence-corrected chi connectivity index (χ0v) is 74.0. The Morgan fingerprint density at radius 1 is 0.336 bits per heavy atom. The summed E-state index contributed by atoms with van der Waals surface area (Å²) in [6.45, 7) is 5.78. The molecule has 7 fully saturated rings. The number of nitrogens with zero attached hydrogens (tertiary/aromatic N) is 15. The predicted molar refractivity (Wildman–Crippen MR) is 464 cm³/mol. The van der Waals surface area contributed by atoms with E-state index in [0.717, 1.165) is 22.3 Å². The van der Waals surface area contributed by atoms with Crippen LogP contribution in [0.15, 0.2) is 194 Å². The van der Waals surface area contributed by atoms with Gasteiger partial charge in [-0.25, -0.2) is 70.8 Å². The summed E-state index contributed by atoms with van der Waals surface area (Å²) in [5.41, 5.74) is 4.12. The molecule has 0 aliphatic carbocycles. The number of rotatable bonds is 19. The summed E-state index contributed by atoms with van der Waals surface area (Å²) in [5, 5.41) is 59.1. The quantitative estimate of drug-likeness (QED) is 0.0198. The van der Waals surface area contributed by atoms with E-state index >= 15 is 0 Å². The number of morpholine rings is 1. The van der Waals surface area contributed by atoms with Gasteiger partial charge in [0.05, 0.1) is 139 Å². The molecule has 0 saturated carbocycles. The molecule has 7 aliphatic heterocycles. The number of Topliss-reactive ketones (excluding diaryl/α,β-unsaturated/α-hetero) is 1. The molecule has 5 atom stereocenters. The first-order chi connectivity index (χ1) is 63.8. The lowest BCUT2D eigenvalue weighted by Gasteiger charge is -2.27. The van der Waals surface area contributed by atoms with Gasteiger partial charge in [-0.05, 0) is 130 Å². The van der Waals surface area contributed by atoms with Gasteiger partial charge in [0.2, 0.25) is 35.4 Å². The Balaban J connectivity index is 0.000000169. The van der Waals surface area contributed by atoms with Gasteiger partial charge in [-0.2, -0.15) is 0 Å². The molecule has 8 aromatic rings. The number of likely N-dealkylation sites (N-methyl/N-ethyl adjacent to an activating group) is 6. The van der Waals surface area contributed by atoms with Crippen LogP contribution in [0.2, 0.25) is 0 Å². The number of β-amino-alcohol motifs (C(OH)–C–C–N with tert-alkyl or cyclic N) is 2. The van der Waals surface area contributed by atoms with E-state index in [1.807, 2.05) is 0 Å². The van der Waals surface area contributed by atoms with Crippen LogP contribution in [0.1, 0.15) is 33.4 Å². The van der Waals surface area contributed by atoms with Gasteiger partial charge in [0.1, 0.15) is 64.7 Å². The summed E-state index contributed by atoms with van der Waals surface area (Å²) >= 11 is 0. The smallest absolute Gasteiger partial charge is 0.443 e. The van der Waals surface area contributed by atoms with Crippen LogP contribution < -0.4 is 9.47 Å². The lowest BCUT2D eigenvalue weighted by atomic mass is 10.1. The highest BCUT2D eigenvalue weighted by Gasteiger charge is 2.39. The standard InChI is InChI=1S/2C19H18FN3O6.C17H22FN3O4.2C12H15FN2O2.C12H13FN2O2/c2*1-21-11-17(12-22(21)18(24)10-13-2-4-14(20)5-3-13)29-19(25)28-16-8-6-15(7-9-16)23(26)27;1-19-11-15(25-17(23)20-6-8-24-9-7-20)12-21(19)16(22)10-13-2-4-14(18)5-3-13;3*1-14-7-11(16)8-15(14)12(17)6-9-2-4-10(13)5-3-9/h2*2-9,17H,10-12H2,1H3;2-5,15H,6-12H2,1H3;2*2-5,11,16H,6-8H2,1H3;2-5H,6-8H2,1H3. The molecule has 7 amide bonds. The third-order valence-corrected chi connectivity index (χ3v) is 21.4. The van der Waals surface area contributed by atoms with Crippen LogP contribution in [-0.2, 0) is 91.0 Å². The predicted octanol–water partition coefficient (Wildman–Crippen LogP) is 7.46. The van der Waals surface area contributed by atoms with Crippen LogP contribution in [-0.4, -0.2) is 322 Å². The first-order valence-electron chi connectivity index (χ1n) is 42.1. The third-order valence-electron chi connectivity index (χ3n) is 21.4. The van der Waals surface area contributed by atoms with Crippen molar-refractivity contribution < 1.29 is 123 Å². The maximum atomic E-state index is 13.0. The number of ketones is 1. The average Bonchev–Trinajstić information content (AvgIpc) is 1.72. The van der Waals surface area contributed by atoms with Gasteiger partial charge in [-0.1, -0.05) is 72.8 Å². The van der Waals surface area contributed by atoms with Gasteiger partial charge < -0.3 is 43.5 Å². The second-order valence-electron chi connectivity index (χ2n) is 31.8. The van der Waals surface area contributed by atoms with Crippen molar-refractivity contribution >= 4 is 71.0 Å². The number of hydrazine groups is 6. The fourth-order valence-electron chi connectivity index (χ4n) is 14.5. The van der Waals surface area contributed by atoms with E-state index < -0.39 is 46.6 Å². The number of aliphatic hydroxyl groups is 2. The van der Waals surface area contributed by atoms with Crippen molar-refractivity contribution in [3.05, 3.63) is 283 Å². The van der Waals surface area contributed by atoms with Crippen LogP contribution in [0.25, 0.3) is 0 Å². The van der Waals surface area contributed by atoms with E-state index in [0.29, 0.717) is 89.8 Å². The molecular formula is C91H101F6N15O22. The molecule has 5 unspecified atom stereocenters. The molecule has 0 aromatic heterocycles. The van der Waals surface area contributed by atoms with Crippen LogP contribution in [0.5, 0.6) is 11.5 Å². The summed E-state index contributed by atoms with van der Waals surface area (Å²) in [6, 6.07) is 44.7. The molecule has 7 saturated heterocycles. The molecule has 134 heavy (non-hydrogen) atoms. The molecule has 2 N–H and O–H groups in total. The molecule has 7 heterocycles. The van der Waals surface area contributed by atoms with E-state index in [2.05, 4.69) is 0 Å². The topological polar surface area (TPSA) is 395 Å². The van der Waals surface area contributed by atoms with Crippen molar-refractivity contribution in [2.45, 2.75) is 69.0 Å². The number of amides is 7. The van der Waals surface area contributed by atoms with Crippen LogP contribution in [0.4, 0.5) is 52.1 Å². The van der Waals surface area contributed by atoms with E-state index in [-0.39, 0.29) is 176 Å². The summed E-state index contributed by atoms with van der Waals surface area (Å²) < 4.78 is 108. The van der Waals surface area contributed by atoms with Crippen molar-refractivity contribution in [2.24, 2.45) is 0 Å². The normalized spacial score (nSPS) is 18.5. The number of aliphatic hydroxyl groups excluding tert-OH is 2. The van der Waals surface area contributed by atoms with Crippen LogP contribution >= 0.6 is 0 Å². The fraction of sp³-hybridized carbons (Fsp3) is 0.363. The number of hydrogen-bond donors (Lipinski definition) is 2. The summed E-state index contributed by atoms with van der Waals surface area (Å²) in [5.74, 6) is -2.64. The first-order valence-corrected chi connectivity index (χ1v) is 42.1. The van der Waals surface area contributed by atoms with Gasteiger partial charge in [0.15, 0.2) is 5.78 Å².